The minimum absolute atomic E-state index is 0.0902. The molecular formula is C9H9FN4O2S. The van der Waals surface area contributed by atoms with Gasteiger partial charge in [0.15, 0.2) is 0 Å². The number of hydrogen-bond acceptors (Lipinski definition) is 3. The standard InChI is InChI=1S/C9H9FN4O2S/c10-9-6-8(17(12,15)16)4-3-7(9)2-1-5-13-14-11/h1-4,6H,5H2,(H2,12,15,16). The summed E-state index contributed by atoms with van der Waals surface area (Å²) in [6.45, 7) is 0.0902. The summed E-state index contributed by atoms with van der Waals surface area (Å²) < 4.78 is 35.3. The number of primary sulfonamides is 1. The fourth-order valence-corrected chi connectivity index (χ4v) is 1.61. The number of nitrogens with two attached hydrogens (primary N) is 1. The van der Waals surface area contributed by atoms with E-state index in [4.69, 9.17) is 10.7 Å². The Balaban J connectivity index is 2.98. The molecule has 17 heavy (non-hydrogen) atoms. The van der Waals surface area contributed by atoms with Gasteiger partial charge in [-0.2, -0.15) is 0 Å². The van der Waals surface area contributed by atoms with Crippen LogP contribution < -0.4 is 5.14 Å². The van der Waals surface area contributed by atoms with Crippen molar-refractivity contribution in [3.63, 3.8) is 0 Å². The first-order chi connectivity index (χ1) is 7.95. The van der Waals surface area contributed by atoms with E-state index < -0.39 is 15.8 Å². The maximum Gasteiger partial charge on any atom is 0.238 e. The summed E-state index contributed by atoms with van der Waals surface area (Å²) in [7, 11) is -3.90. The van der Waals surface area contributed by atoms with Crippen molar-refractivity contribution in [1.82, 2.24) is 0 Å². The summed E-state index contributed by atoms with van der Waals surface area (Å²) >= 11 is 0. The second-order valence-electron chi connectivity index (χ2n) is 3.04. The first kappa shape index (κ1) is 13.2. The monoisotopic (exact) mass is 256 g/mol. The van der Waals surface area contributed by atoms with Crippen molar-refractivity contribution in [2.24, 2.45) is 10.3 Å². The first-order valence-corrected chi connectivity index (χ1v) is 5.99. The van der Waals surface area contributed by atoms with Crippen LogP contribution in [0.15, 0.2) is 34.3 Å². The van der Waals surface area contributed by atoms with Crippen molar-refractivity contribution in [1.29, 1.82) is 0 Å². The Morgan fingerprint density at radius 2 is 2.24 bits per heavy atom. The molecule has 8 heteroatoms. The van der Waals surface area contributed by atoms with Gasteiger partial charge in [0.1, 0.15) is 5.82 Å². The van der Waals surface area contributed by atoms with Gasteiger partial charge in [-0.05, 0) is 17.7 Å². The van der Waals surface area contributed by atoms with Gasteiger partial charge in [0.05, 0.1) is 4.90 Å². The van der Waals surface area contributed by atoms with Gasteiger partial charge in [0, 0.05) is 17.0 Å². The topological polar surface area (TPSA) is 109 Å². The van der Waals surface area contributed by atoms with Crippen LogP contribution in [0, 0.1) is 5.82 Å². The number of benzene rings is 1. The summed E-state index contributed by atoms with van der Waals surface area (Å²) in [6, 6.07) is 3.32. The quantitative estimate of drug-likeness (QED) is 0.503. The van der Waals surface area contributed by atoms with Gasteiger partial charge < -0.3 is 0 Å². The fourth-order valence-electron chi connectivity index (χ4n) is 1.08. The molecule has 0 heterocycles. The molecular weight excluding hydrogens is 247 g/mol. The Kier molecular flexibility index (Phi) is 4.22. The molecule has 0 saturated heterocycles. The Morgan fingerprint density at radius 3 is 2.76 bits per heavy atom. The van der Waals surface area contributed by atoms with Crippen molar-refractivity contribution in [2.75, 3.05) is 6.54 Å². The summed E-state index contributed by atoms with van der Waals surface area (Å²) in [5.74, 6) is -0.714. The third kappa shape index (κ3) is 3.87. The van der Waals surface area contributed by atoms with Crippen LogP contribution in [0.5, 0.6) is 0 Å². The Hall–Kier alpha value is -1.89. The van der Waals surface area contributed by atoms with E-state index in [1.54, 1.807) is 0 Å². The smallest absolute Gasteiger partial charge is 0.225 e. The van der Waals surface area contributed by atoms with E-state index in [-0.39, 0.29) is 17.0 Å². The van der Waals surface area contributed by atoms with Gasteiger partial charge in [-0.3, -0.25) is 0 Å². The molecule has 0 unspecified atom stereocenters. The van der Waals surface area contributed by atoms with Crippen molar-refractivity contribution in [3.05, 3.63) is 46.1 Å². The molecule has 2 N–H and O–H groups in total. The zero-order valence-electron chi connectivity index (χ0n) is 8.62. The summed E-state index contributed by atoms with van der Waals surface area (Å²) in [4.78, 5) is 2.23. The molecule has 0 fully saturated rings. The van der Waals surface area contributed by atoms with Crippen molar-refractivity contribution in [2.45, 2.75) is 4.90 Å². The molecule has 0 bridgehead atoms. The maximum absolute atomic E-state index is 13.4. The first-order valence-electron chi connectivity index (χ1n) is 4.45. The number of hydrogen-bond donors (Lipinski definition) is 1. The van der Waals surface area contributed by atoms with Crippen LogP contribution in [-0.2, 0) is 10.0 Å². The summed E-state index contributed by atoms with van der Waals surface area (Å²) in [6.07, 6.45) is 2.84. The zero-order chi connectivity index (χ0) is 12.9. The highest BCUT2D eigenvalue weighted by Crippen LogP contribution is 2.14. The Bertz CT molecular complexity index is 591. The van der Waals surface area contributed by atoms with Gasteiger partial charge in [-0.15, -0.1) is 0 Å². The predicted molar refractivity (Wildman–Crippen MR) is 60.8 cm³/mol. The molecule has 0 aromatic heterocycles. The molecule has 0 radical (unpaired) electrons. The fraction of sp³-hybridized carbons (Fsp3) is 0.111. The van der Waals surface area contributed by atoms with Crippen LogP contribution in [0.25, 0.3) is 16.5 Å². The van der Waals surface area contributed by atoms with Crippen molar-refractivity contribution < 1.29 is 12.8 Å². The Morgan fingerprint density at radius 1 is 1.53 bits per heavy atom. The minimum Gasteiger partial charge on any atom is -0.225 e. The molecule has 0 aliphatic heterocycles. The maximum atomic E-state index is 13.4. The third-order valence-electron chi connectivity index (χ3n) is 1.85. The lowest BCUT2D eigenvalue weighted by atomic mass is 10.2. The van der Waals surface area contributed by atoms with Gasteiger partial charge >= 0.3 is 0 Å². The van der Waals surface area contributed by atoms with Crippen molar-refractivity contribution >= 4 is 16.1 Å². The number of rotatable bonds is 4. The average Bonchev–Trinajstić information content (AvgIpc) is 2.24. The molecule has 0 amide bonds. The van der Waals surface area contributed by atoms with E-state index in [0.717, 1.165) is 6.07 Å². The summed E-state index contributed by atoms with van der Waals surface area (Å²) in [5.41, 5.74) is 8.20. The van der Waals surface area contributed by atoms with Crippen LogP contribution in [0.1, 0.15) is 5.56 Å². The van der Waals surface area contributed by atoms with Gasteiger partial charge in [-0.1, -0.05) is 23.3 Å². The predicted octanol–water partition coefficient (Wildman–Crippen LogP) is 1.80. The van der Waals surface area contributed by atoms with Crippen LogP contribution in [0.2, 0.25) is 0 Å². The number of nitrogens with zero attached hydrogens (tertiary/aromatic N) is 3. The molecule has 6 nitrogen and oxygen atoms in total. The molecule has 1 aromatic rings. The normalized spacial score (nSPS) is 11.4. The van der Waals surface area contributed by atoms with E-state index in [9.17, 15) is 12.8 Å². The van der Waals surface area contributed by atoms with E-state index in [1.807, 2.05) is 0 Å². The number of halogens is 1. The second-order valence-corrected chi connectivity index (χ2v) is 4.61. The van der Waals surface area contributed by atoms with Crippen molar-refractivity contribution in [3.8, 4) is 0 Å². The van der Waals surface area contributed by atoms with Crippen LogP contribution in [-0.4, -0.2) is 15.0 Å². The lowest BCUT2D eigenvalue weighted by Gasteiger charge is -2.00. The largest absolute Gasteiger partial charge is 0.238 e. The molecule has 0 spiro atoms. The van der Waals surface area contributed by atoms with Gasteiger partial charge in [0.25, 0.3) is 0 Å². The highest BCUT2D eigenvalue weighted by atomic mass is 32.2. The molecule has 1 rings (SSSR count). The second kappa shape index (κ2) is 5.44. The lowest BCUT2D eigenvalue weighted by molar-refractivity contribution is 0.592. The van der Waals surface area contributed by atoms with Crippen LogP contribution in [0.4, 0.5) is 4.39 Å². The molecule has 0 aliphatic rings. The zero-order valence-corrected chi connectivity index (χ0v) is 9.43. The third-order valence-corrected chi connectivity index (χ3v) is 2.76. The molecule has 0 aliphatic carbocycles. The SMILES string of the molecule is [N-]=[N+]=NCC=Cc1ccc(S(N)(=O)=O)cc1F. The van der Waals surface area contributed by atoms with Crippen LogP contribution in [0.3, 0.4) is 0 Å². The molecule has 0 saturated carbocycles. The highest BCUT2D eigenvalue weighted by molar-refractivity contribution is 7.89. The molecule has 0 atom stereocenters. The van der Waals surface area contributed by atoms with Crippen LogP contribution >= 0.6 is 0 Å². The lowest BCUT2D eigenvalue weighted by Crippen LogP contribution is -2.12. The van der Waals surface area contributed by atoms with Gasteiger partial charge in [0.2, 0.25) is 10.0 Å². The van der Waals surface area contributed by atoms with E-state index in [1.165, 1.54) is 24.3 Å². The number of sulfonamides is 1. The molecule has 1 aromatic carbocycles. The molecule has 90 valence electrons. The van der Waals surface area contributed by atoms with Gasteiger partial charge in [-0.25, -0.2) is 17.9 Å². The Labute approximate surface area is 97.2 Å². The average molecular weight is 256 g/mol. The minimum atomic E-state index is -3.90. The van der Waals surface area contributed by atoms with E-state index in [2.05, 4.69) is 10.0 Å². The highest BCUT2D eigenvalue weighted by Gasteiger charge is 2.09. The number of azide groups is 1. The van der Waals surface area contributed by atoms with E-state index in [0.29, 0.717) is 0 Å². The van der Waals surface area contributed by atoms with E-state index >= 15 is 0 Å². The summed E-state index contributed by atoms with van der Waals surface area (Å²) in [5, 5.41) is 8.08.